The molecule has 0 bridgehead atoms. The van der Waals surface area contributed by atoms with Crippen LogP contribution in [0.25, 0.3) is 10.9 Å². The Morgan fingerprint density at radius 3 is 2.76 bits per heavy atom. The summed E-state index contributed by atoms with van der Waals surface area (Å²) >= 11 is 0. The van der Waals surface area contributed by atoms with Crippen molar-refractivity contribution in [3.05, 3.63) is 48.2 Å². The number of nitrogens with zero attached hydrogens (tertiary/aromatic N) is 3. The Balaban J connectivity index is 1.46. The fraction of sp³-hybridized carbons (Fsp3) is 0.350. The molecule has 0 aliphatic carbocycles. The van der Waals surface area contributed by atoms with Gasteiger partial charge in [0, 0.05) is 25.4 Å². The van der Waals surface area contributed by atoms with Gasteiger partial charge in [-0.25, -0.2) is 9.78 Å². The number of H-pyrrole nitrogens is 1. The number of carbonyl (C=O) groups is 1. The molecule has 0 spiro atoms. The molecule has 3 heterocycles. The van der Waals surface area contributed by atoms with Gasteiger partial charge in [0.1, 0.15) is 5.82 Å². The molecule has 9 nitrogen and oxygen atoms in total. The molecule has 152 valence electrons. The molecular formula is C20H24N6O3. The van der Waals surface area contributed by atoms with Gasteiger partial charge in [0.05, 0.1) is 36.3 Å². The maximum Gasteiger partial charge on any atom is 0.320 e. The summed E-state index contributed by atoms with van der Waals surface area (Å²) in [6.45, 7) is 4.55. The molecule has 4 N–H and O–H groups in total. The first-order valence-electron chi connectivity index (χ1n) is 9.59. The van der Waals surface area contributed by atoms with E-state index in [2.05, 4.69) is 30.7 Å². The van der Waals surface area contributed by atoms with Gasteiger partial charge < -0.3 is 20.1 Å². The number of carbonyl (C=O) groups excluding carboxylic acids is 1. The number of aromatic amines is 1. The Labute approximate surface area is 168 Å². The second-order valence-electron chi connectivity index (χ2n) is 6.99. The normalized spacial score (nSPS) is 16.4. The van der Waals surface area contributed by atoms with Crippen LogP contribution in [0.4, 0.5) is 16.4 Å². The number of urea groups is 1. The summed E-state index contributed by atoms with van der Waals surface area (Å²) < 4.78 is 5.39. The molecule has 2 amide bonds. The minimum Gasteiger partial charge on any atom is -0.391 e. The molecule has 0 saturated carbocycles. The monoisotopic (exact) mass is 396 g/mol. The van der Waals surface area contributed by atoms with Crippen LogP contribution in [0.15, 0.2) is 42.6 Å². The fourth-order valence-corrected chi connectivity index (χ4v) is 3.42. The van der Waals surface area contributed by atoms with Crippen LogP contribution < -0.4 is 15.5 Å². The fourth-order valence-electron chi connectivity index (χ4n) is 3.42. The van der Waals surface area contributed by atoms with Crippen LogP contribution in [0, 0.1) is 0 Å². The Hall–Kier alpha value is -3.17. The molecule has 1 aliphatic rings. The summed E-state index contributed by atoms with van der Waals surface area (Å²) in [5, 5.41) is 23.9. The summed E-state index contributed by atoms with van der Waals surface area (Å²) in [6, 6.07) is 10.1. The predicted molar refractivity (Wildman–Crippen MR) is 110 cm³/mol. The van der Waals surface area contributed by atoms with Gasteiger partial charge in [0.15, 0.2) is 5.82 Å². The molecule has 1 aromatic carbocycles. The number of amides is 2. The zero-order chi connectivity index (χ0) is 20.2. The van der Waals surface area contributed by atoms with E-state index in [9.17, 15) is 9.90 Å². The maximum atomic E-state index is 12.5. The number of aromatic nitrogens is 3. The van der Waals surface area contributed by atoms with E-state index in [0.29, 0.717) is 19.0 Å². The predicted octanol–water partition coefficient (Wildman–Crippen LogP) is 2.04. The first-order valence-corrected chi connectivity index (χ1v) is 9.59. The molecule has 2 unspecified atom stereocenters. The second kappa shape index (κ2) is 8.46. The van der Waals surface area contributed by atoms with Gasteiger partial charge >= 0.3 is 6.03 Å². The van der Waals surface area contributed by atoms with Crippen molar-refractivity contribution in [1.82, 2.24) is 20.5 Å². The molecule has 1 fully saturated rings. The van der Waals surface area contributed by atoms with E-state index in [1.165, 1.54) is 0 Å². The summed E-state index contributed by atoms with van der Waals surface area (Å²) in [7, 11) is 0. The standard InChI is InChI=1S/C20H24N6O3/c1-13(27)18(14-5-3-2-4-6-14)23-20(28)22-17-11-16-15(12-21-17)19(25-24-16)26-7-9-29-10-8-26/h2-6,11-13,18,27H,7-10H2,1H3,(H,24,25)(H2,21,22,23,28). The smallest absolute Gasteiger partial charge is 0.320 e. The molecule has 1 aliphatic heterocycles. The van der Waals surface area contributed by atoms with E-state index in [1.807, 2.05) is 30.3 Å². The molecular weight excluding hydrogens is 372 g/mol. The Kier molecular flexibility index (Phi) is 5.59. The van der Waals surface area contributed by atoms with Crippen molar-refractivity contribution in [2.75, 3.05) is 36.5 Å². The molecule has 9 heteroatoms. The van der Waals surface area contributed by atoms with E-state index >= 15 is 0 Å². The number of benzene rings is 1. The number of rotatable bonds is 5. The van der Waals surface area contributed by atoms with Crippen LogP contribution in [-0.4, -0.2) is 58.7 Å². The van der Waals surface area contributed by atoms with Crippen molar-refractivity contribution < 1.29 is 14.6 Å². The van der Waals surface area contributed by atoms with Crippen LogP contribution >= 0.6 is 0 Å². The Morgan fingerprint density at radius 1 is 1.28 bits per heavy atom. The van der Waals surface area contributed by atoms with Crippen LogP contribution in [0.3, 0.4) is 0 Å². The average molecular weight is 396 g/mol. The lowest BCUT2D eigenvalue weighted by molar-refractivity contribution is 0.122. The minimum absolute atomic E-state index is 0.393. The van der Waals surface area contributed by atoms with E-state index in [4.69, 9.17) is 4.74 Å². The minimum atomic E-state index is -0.748. The number of hydrogen-bond donors (Lipinski definition) is 4. The van der Waals surface area contributed by atoms with Gasteiger partial charge in [-0.1, -0.05) is 30.3 Å². The number of aliphatic hydroxyl groups excluding tert-OH is 1. The number of ether oxygens (including phenoxy) is 1. The summed E-state index contributed by atoms with van der Waals surface area (Å²) in [5.74, 6) is 1.23. The average Bonchev–Trinajstić information content (AvgIpc) is 3.16. The van der Waals surface area contributed by atoms with Crippen molar-refractivity contribution in [2.45, 2.75) is 19.1 Å². The summed E-state index contributed by atoms with van der Waals surface area (Å²) in [4.78, 5) is 19.0. The van der Waals surface area contributed by atoms with Crippen molar-refractivity contribution in [2.24, 2.45) is 0 Å². The first kappa shape index (κ1) is 19.2. The molecule has 3 aromatic rings. The Bertz CT molecular complexity index is 969. The van der Waals surface area contributed by atoms with Crippen molar-refractivity contribution in [3.63, 3.8) is 0 Å². The van der Waals surface area contributed by atoms with E-state index in [-0.39, 0.29) is 0 Å². The second-order valence-corrected chi connectivity index (χ2v) is 6.99. The van der Waals surface area contributed by atoms with Crippen LogP contribution in [-0.2, 0) is 4.74 Å². The molecule has 2 atom stereocenters. The third kappa shape index (κ3) is 4.30. The third-order valence-corrected chi connectivity index (χ3v) is 4.91. The lowest BCUT2D eigenvalue weighted by atomic mass is 10.0. The maximum absolute atomic E-state index is 12.5. The number of hydrogen-bond acceptors (Lipinski definition) is 6. The van der Waals surface area contributed by atoms with Gasteiger partial charge in [0.2, 0.25) is 0 Å². The molecule has 29 heavy (non-hydrogen) atoms. The number of nitrogens with one attached hydrogen (secondary N) is 3. The van der Waals surface area contributed by atoms with Crippen LogP contribution in [0.5, 0.6) is 0 Å². The highest BCUT2D eigenvalue weighted by atomic mass is 16.5. The van der Waals surface area contributed by atoms with Crippen LogP contribution in [0.1, 0.15) is 18.5 Å². The lowest BCUT2D eigenvalue weighted by Gasteiger charge is -2.26. The van der Waals surface area contributed by atoms with E-state index in [0.717, 1.165) is 35.4 Å². The van der Waals surface area contributed by atoms with Gasteiger partial charge in [-0.05, 0) is 12.5 Å². The van der Waals surface area contributed by atoms with Gasteiger partial charge in [-0.2, -0.15) is 5.10 Å². The van der Waals surface area contributed by atoms with E-state index in [1.54, 1.807) is 19.2 Å². The highest BCUT2D eigenvalue weighted by Gasteiger charge is 2.21. The SMILES string of the molecule is CC(O)C(NC(=O)Nc1cc2[nH]nc(N3CCOCC3)c2cn1)c1ccccc1. The molecule has 0 radical (unpaired) electrons. The number of aliphatic hydroxyl groups is 1. The van der Waals surface area contributed by atoms with Crippen molar-refractivity contribution >= 4 is 28.6 Å². The summed E-state index contributed by atoms with van der Waals surface area (Å²) in [6.07, 6.45) is 0.949. The highest BCUT2D eigenvalue weighted by Crippen LogP contribution is 2.25. The largest absolute Gasteiger partial charge is 0.391 e. The molecule has 4 rings (SSSR count). The van der Waals surface area contributed by atoms with Gasteiger partial charge in [-0.3, -0.25) is 10.4 Å². The zero-order valence-corrected chi connectivity index (χ0v) is 16.1. The van der Waals surface area contributed by atoms with Gasteiger partial charge in [-0.15, -0.1) is 0 Å². The number of fused-ring (bicyclic) bond motifs is 1. The molecule has 1 saturated heterocycles. The number of pyridine rings is 1. The Morgan fingerprint density at radius 2 is 2.03 bits per heavy atom. The molecule has 2 aromatic heterocycles. The lowest BCUT2D eigenvalue weighted by Crippen LogP contribution is -2.37. The third-order valence-electron chi connectivity index (χ3n) is 4.91. The topological polar surface area (TPSA) is 115 Å². The quantitative estimate of drug-likeness (QED) is 0.525. The first-order chi connectivity index (χ1) is 14.1. The van der Waals surface area contributed by atoms with Crippen LogP contribution in [0.2, 0.25) is 0 Å². The van der Waals surface area contributed by atoms with E-state index < -0.39 is 18.2 Å². The van der Waals surface area contributed by atoms with Crippen molar-refractivity contribution in [1.29, 1.82) is 0 Å². The zero-order valence-electron chi connectivity index (χ0n) is 16.1. The number of anilines is 2. The van der Waals surface area contributed by atoms with Gasteiger partial charge in [0.25, 0.3) is 0 Å². The van der Waals surface area contributed by atoms with Crippen molar-refractivity contribution in [3.8, 4) is 0 Å². The summed E-state index contributed by atoms with van der Waals surface area (Å²) in [5.41, 5.74) is 1.61. The highest BCUT2D eigenvalue weighted by molar-refractivity contribution is 5.94. The number of morpholine rings is 1.